The lowest BCUT2D eigenvalue weighted by Crippen LogP contribution is -2.13. The van der Waals surface area contributed by atoms with E-state index in [1.165, 1.54) is 5.56 Å². The average Bonchev–Trinajstić information content (AvgIpc) is 2.33. The Bertz CT molecular complexity index is 517. The summed E-state index contributed by atoms with van der Waals surface area (Å²) in [7, 11) is 0. The molecule has 2 rings (SSSR count). The minimum absolute atomic E-state index is 0.116. The second-order valence-corrected chi connectivity index (χ2v) is 4.75. The zero-order chi connectivity index (χ0) is 12.4. The molecule has 0 heterocycles. The van der Waals surface area contributed by atoms with Crippen LogP contribution < -0.4 is 5.73 Å². The van der Waals surface area contributed by atoms with Gasteiger partial charge in [-0.15, -0.1) is 0 Å². The summed E-state index contributed by atoms with van der Waals surface area (Å²) in [6, 6.07) is 14.0. The van der Waals surface area contributed by atoms with Gasteiger partial charge in [-0.1, -0.05) is 53.6 Å². The van der Waals surface area contributed by atoms with Crippen molar-refractivity contribution in [2.75, 3.05) is 0 Å². The first-order chi connectivity index (χ1) is 8.09. The van der Waals surface area contributed by atoms with Crippen LogP contribution >= 0.6 is 11.6 Å². The molecule has 0 spiro atoms. The van der Waals surface area contributed by atoms with Gasteiger partial charge >= 0.3 is 0 Å². The zero-order valence-corrected chi connectivity index (χ0v) is 10.8. The summed E-state index contributed by atoms with van der Waals surface area (Å²) < 4.78 is 0. The maximum Gasteiger partial charge on any atom is 0.0554 e. The molecule has 0 saturated heterocycles. The van der Waals surface area contributed by atoms with Crippen LogP contribution in [0, 0.1) is 13.8 Å². The van der Waals surface area contributed by atoms with Crippen LogP contribution in [0.25, 0.3) is 0 Å². The molecule has 0 radical (unpaired) electrons. The van der Waals surface area contributed by atoms with Crippen molar-refractivity contribution in [1.29, 1.82) is 0 Å². The van der Waals surface area contributed by atoms with Crippen molar-refractivity contribution in [1.82, 2.24) is 0 Å². The molecule has 0 bridgehead atoms. The minimum Gasteiger partial charge on any atom is -0.320 e. The third kappa shape index (κ3) is 2.51. The standard InChI is InChI=1S/C15H16ClN/c1-10-6-8-12(9-7-10)15(17)13-4-3-5-14(16)11(13)2/h3-9,15H,17H2,1-2H3. The number of benzene rings is 2. The summed E-state index contributed by atoms with van der Waals surface area (Å²) in [5, 5.41) is 0.769. The molecule has 1 atom stereocenters. The summed E-state index contributed by atoms with van der Waals surface area (Å²) in [4.78, 5) is 0. The van der Waals surface area contributed by atoms with E-state index in [9.17, 15) is 0 Å². The van der Waals surface area contributed by atoms with Crippen molar-refractivity contribution < 1.29 is 0 Å². The van der Waals surface area contributed by atoms with Crippen LogP contribution in [-0.2, 0) is 0 Å². The summed E-state index contributed by atoms with van der Waals surface area (Å²) in [5.74, 6) is 0. The second-order valence-electron chi connectivity index (χ2n) is 4.34. The molecule has 1 unspecified atom stereocenters. The largest absolute Gasteiger partial charge is 0.320 e. The smallest absolute Gasteiger partial charge is 0.0554 e. The van der Waals surface area contributed by atoms with Crippen LogP contribution in [-0.4, -0.2) is 0 Å². The maximum absolute atomic E-state index is 6.28. The van der Waals surface area contributed by atoms with Crippen LogP contribution in [0.4, 0.5) is 0 Å². The lowest BCUT2D eigenvalue weighted by molar-refractivity contribution is 0.861. The number of nitrogens with two attached hydrogens (primary N) is 1. The molecule has 0 aromatic heterocycles. The van der Waals surface area contributed by atoms with E-state index in [1.54, 1.807) is 0 Å². The molecule has 17 heavy (non-hydrogen) atoms. The van der Waals surface area contributed by atoms with Gasteiger partial charge in [-0.3, -0.25) is 0 Å². The molecular weight excluding hydrogens is 230 g/mol. The molecule has 88 valence electrons. The zero-order valence-electron chi connectivity index (χ0n) is 10.1. The molecular formula is C15H16ClN. The van der Waals surface area contributed by atoms with Crippen LogP contribution in [0.1, 0.15) is 28.3 Å². The second kappa shape index (κ2) is 4.91. The average molecular weight is 246 g/mol. The van der Waals surface area contributed by atoms with Crippen LogP contribution in [0.15, 0.2) is 42.5 Å². The van der Waals surface area contributed by atoms with Gasteiger partial charge in [0.05, 0.1) is 6.04 Å². The van der Waals surface area contributed by atoms with E-state index in [0.29, 0.717) is 0 Å². The number of rotatable bonds is 2. The Morgan fingerprint density at radius 2 is 1.65 bits per heavy atom. The lowest BCUT2D eigenvalue weighted by Gasteiger charge is -2.16. The Morgan fingerprint density at radius 1 is 1.00 bits per heavy atom. The SMILES string of the molecule is Cc1ccc(C(N)c2cccc(Cl)c2C)cc1. The third-order valence-electron chi connectivity index (χ3n) is 3.08. The van der Waals surface area contributed by atoms with E-state index in [2.05, 4.69) is 31.2 Å². The highest BCUT2D eigenvalue weighted by Gasteiger charge is 2.12. The first-order valence-electron chi connectivity index (χ1n) is 5.67. The van der Waals surface area contributed by atoms with Crippen molar-refractivity contribution in [3.63, 3.8) is 0 Å². The van der Waals surface area contributed by atoms with Gasteiger partial charge in [0, 0.05) is 5.02 Å². The van der Waals surface area contributed by atoms with Gasteiger partial charge in [-0.05, 0) is 36.6 Å². The first kappa shape index (κ1) is 12.2. The van der Waals surface area contributed by atoms with E-state index < -0.39 is 0 Å². The molecule has 0 aliphatic rings. The Hall–Kier alpha value is -1.31. The summed E-state index contributed by atoms with van der Waals surface area (Å²) in [6.07, 6.45) is 0. The molecule has 2 aromatic rings. The van der Waals surface area contributed by atoms with Gasteiger partial charge in [0.1, 0.15) is 0 Å². The van der Waals surface area contributed by atoms with E-state index in [4.69, 9.17) is 17.3 Å². The predicted molar refractivity (Wildman–Crippen MR) is 73.4 cm³/mol. The van der Waals surface area contributed by atoms with E-state index >= 15 is 0 Å². The Kier molecular flexibility index (Phi) is 3.51. The Morgan fingerprint density at radius 3 is 2.29 bits per heavy atom. The topological polar surface area (TPSA) is 26.0 Å². The van der Waals surface area contributed by atoms with E-state index in [1.807, 2.05) is 25.1 Å². The number of hydrogen-bond donors (Lipinski definition) is 1. The summed E-state index contributed by atoms with van der Waals surface area (Å²) in [5.41, 5.74) is 10.8. The van der Waals surface area contributed by atoms with Crippen molar-refractivity contribution in [2.45, 2.75) is 19.9 Å². The fourth-order valence-corrected chi connectivity index (χ4v) is 2.10. The quantitative estimate of drug-likeness (QED) is 0.850. The van der Waals surface area contributed by atoms with Crippen molar-refractivity contribution in [3.05, 3.63) is 69.7 Å². The van der Waals surface area contributed by atoms with Gasteiger partial charge in [-0.25, -0.2) is 0 Å². The fourth-order valence-electron chi connectivity index (χ4n) is 1.91. The molecule has 0 amide bonds. The minimum atomic E-state index is -0.116. The highest BCUT2D eigenvalue weighted by atomic mass is 35.5. The molecule has 0 aliphatic carbocycles. The molecule has 1 nitrogen and oxygen atoms in total. The monoisotopic (exact) mass is 245 g/mol. The molecule has 2 heteroatoms. The fraction of sp³-hybridized carbons (Fsp3) is 0.200. The van der Waals surface area contributed by atoms with Gasteiger partial charge in [0.15, 0.2) is 0 Å². The Labute approximate surface area is 107 Å². The van der Waals surface area contributed by atoms with E-state index in [0.717, 1.165) is 21.7 Å². The van der Waals surface area contributed by atoms with E-state index in [-0.39, 0.29) is 6.04 Å². The highest BCUT2D eigenvalue weighted by Crippen LogP contribution is 2.27. The number of aryl methyl sites for hydroxylation is 1. The normalized spacial score (nSPS) is 12.5. The van der Waals surface area contributed by atoms with Crippen molar-refractivity contribution in [3.8, 4) is 0 Å². The van der Waals surface area contributed by atoms with Crippen LogP contribution in [0.2, 0.25) is 5.02 Å². The molecule has 0 fully saturated rings. The molecule has 0 saturated carbocycles. The maximum atomic E-state index is 6.28. The van der Waals surface area contributed by atoms with Gasteiger partial charge < -0.3 is 5.73 Å². The third-order valence-corrected chi connectivity index (χ3v) is 3.49. The molecule has 2 N–H and O–H groups in total. The first-order valence-corrected chi connectivity index (χ1v) is 6.04. The van der Waals surface area contributed by atoms with Crippen molar-refractivity contribution >= 4 is 11.6 Å². The molecule has 2 aromatic carbocycles. The number of hydrogen-bond acceptors (Lipinski definition) is 1. The Balaban J connectivity index is 2.40. The predicted octanol–water partition coefficient (Wildman–Crippen LogP) is 4.00. The van der Waals surface area contributed by atoms with Gasteiger partial charge in [-0.2, -0.15) is 0 Å². The van der Waals surface area contributed by atoms with Gasteiger partial charge in [0.2, 0.25) is 0 Å². The highest BCUT2D eigenvalue weighted by molar-refractivity contribution is 6.31. The summed E-state index contributed by atoms with van der Waals surface area (Å²) in [6.45, 7) is 4.08. The lowest BCUT2D eigenvalue weighted by atomic mass is 9.95. The van der Waals surface area contributed by atoms with Crippen molar-refractivity contribution in [2.24, 2.45) is 5.73 Å². The van der Waals surface area contributed by atoms with Crippen LogP contribution in [0.3, 0.4) is 0 Å². The summed E-state index contributed by atoms with van der Waals surface area (Å²) >= 11 is 6.12. The van der Waals surface area contributed by atoms with Gasteiger partial charge in [0.25, 0.3) is 0 Å². The van der Waals surface area contributed by atoms with Crippen LogP contribution in [0.5, 0.6) is 0 Å². The number of halogens is 1. The molecule has 0 aliphatic heterocycles.